The summed E-state index contributed by atoms with van der Waals surface area (Å²) in [6.07, 6.45) is 1.37. The number of rotatable bonds is 3. The van der Waals surface area contributed by atoms with Crippen LogP contribution in [0.25, 0.3) is 10.2 Å². The standard InChI is InChI=1S/C13H16N2O2S/c16-13(5-7-17-8-6-13)9-14-12-15-10-3-1-2-4-11(10)18-12/h1-4,16H,5-9H2,(H,14,15). The summed E-state index contributed by atoms with van der Waals surface area (Å²) in [6, 6.07) is 8.05. The van der Waals surface area contributed by atoms with Crippen LogP contribution >= 0.6 is 11.3 Å². The average molecular weight is 264 g/mol. The number of hydrogen-bond acceptors (Lipinski definition) is 5. The predicted octanol–water partition coefficient (Wildman–Crippen LogP) is 2.25. The van der Waals surface area contributed by atoms with Crippen molar-refractivity contribution in [1.29, 1.82) is 0 Å². The molecule has 3 rings (SSSR count). The summed E-state index contributed by atoms with van der Waals surface area (Å²) in [5.74, 6) is 0. The highest BCUT2D eigenvalue weighted by molar-refractivity contribution is 7.22. The Morgan fingerprint density at radius 2 is 2.11 bits per heavy atom. The van der Waals surface area contributed by atoms with Crippen molar-refractivity contribution in [2.24, 2.45) is 0 Å². The van der Waals surface area contributed by atoms with Gasteiger partial charge in [-0.05, 0) is 12.1 Å². The third kappa shape index (κ3) is 2.48. The molecule has 0 radical (unpaired) electrons. The number of benzene rings is 1. The molecular formula is C13H16N2O2S. The molecule has 1 aromatic heterocycles. The van der Waals surface area contributed by atoms with E-state index in [1.807, 2.05) is 18.2 Å². The van der Waals surface area contributed by atoms with E-state index in [4.69, 9.17) is 4.74 Å². The Morgan fingerprint density at radius 1 is 1.33 bits per heavy atom. The van der Waals surface area contributed by atoms with Crippen LogP contribution in [-0.2, 0) is 4.74 Å². The first-order valence-corrected chi connectivity index (χ1v) is 6.96. The fourth-order valence-corrected chi connectivity index (χ4v) is 2.98. The fourth-order valence-electron chi connectivity index (χ4n) is 2.12. The molecule has 0 aliphatic carbocycles. The second-order valence-corrected chi connectivity index (χ2v) is 5.71. The highest BCUT2D eigenvalue weighted by Crippen LogP contribution is 2.27. The largest absolute Gasteiger partial charge is 0.388 e. The zero-order chi connectivity index (χ0) is 12.4. The molecule has 2 aromatic rings. The van der Waals surface area contributed by atoms with Crippen LogP contribution in [-0.4, -0.2) is 35.5 Å². The second kappa shape index (κ2) is 4.84. The van der Waals surface area contributed by atoms with Crippen molar-refractivity contribution in [1.82, 2.24) is 4.98 Å². The number of ether oxygens (including phenoxy) is 1. The number of nitrogens with zero attached hydrogens (tertiary/aromatic N) is 1. The summed E-state index contributed by atoms with van der Waals surface area (Å²) < 4.78 is 6.43. The summed E-state index contributed by atoms with van der Waals surface area (Å²) in [5.41, 5.74) is 0.347. The second-order valence-electron chi connectivity index (χ2n) is 4.68. The van der Waals surface area contributed by atoms with E-state index in [1.165, 1.54) is 4.70 Å². The van der Waals surface area contributed by atoms with E-state index >= 15 is 0 Å². The van der Waals surface area contributed by atoms with Gasteiger partial charge in [0.15, 0.2) is 5.13 Å². The highest BCUT2D eigenvalue weighted by atomic mass is 32.1. The van der Waals surface area contributed by atoms with E-state index in [1.54, 1.807) is 11.3 Å². The quantitative estimate of drug-likeness (QED) is 0.892. The van der Waals surface area contributed by atoms with Gasteiger partial charge in [0.1, 0.15) is 0 Å². The Bertz CT molecular complexity index is 502. The Hall–Kier alpha value is -1.17. The smallest absolute Gasteiger partial charge is 0.183 e. The number of nitrogens with one attached hydrogen (secondary N) is 1. The molecule has 96 valence electrons. The van der Waals surface area contributed by atoms with Gasteiger partial charge in [-0.2, -0.15) is 0 Å². The van der Waals surface area contributed by atoms with Gasteiger partial charge in [-0.25, -0.2) is 4.98 Å². The van der Waals surface area contributed by atoms with E-state index in [2.05, 4.69) is 16.4 Å². The lowest BCUT2D eigenvalue weighted by atomic mass is 9.95. The minimum absolute atomic E-state index is 0.538. The minimum atomic E-state index is -0.657. The number of fused-ring (bicyclic) bond motifs is 1. The monoisotopic (exact) mass is 264 g/mol. The molecule has 1 aliphatic rings. The molecule has 0 unspecified atom stereocenters. The predicted molar refractivity (Wildman–Crippen MR) is 73.1 cm³/mol. The van der Waals surface area contributed by atoms with Crippen LogP contribution in [0.2, 0.25) is 0 Å². The van der Waals surface area contributed by atoms with Gasteiger partial charge in [-0.1, -0.05) is 23.5 Å². The van der Waals surface area contributed by atoms with Gasteiger partial charge >= 0.3 is 0 Å². The molecule has 0 amide bonds. The van der Waals surface area contributed by atoms with Gasteiger partial charge < -0.3 is 15.2 Å². The topological polar surface area (TPSA) is 54.4 Å². The summed E-state index contributed by atoms with van der Waals surface area (Å²) >= 11 is 1.62. The molecule has 2 heterocycles. The molecule has 0 saturated carbocycles. The number of aliphatic hydroxyl groups is 1. The number of para-hydroxylation sites is 1. The third-order valence-corrected chi connectivity index (χ3v) is 4.28. The van der Waals surface area contributed by atoms with Gasteiger partial charge in [0.2, 0.25) is 0 Å². The van der Waals surface area contributed by atoms with Crippen LogP contribution in [0.4, 0.5) is 5.13 Å². The zero-order valence-electron chi connectivity index (χ0n) is 10.1. The third-order valence-electron chi connectivity index (χ3n) is 3.29. The van der Waals surface area contributed by atoms with Crippen molar-refractivity contribution in [2.45, 2.75) is 18.4 Å². The molecule has 18 heavy (non-hydrogen) atoms. The van der Waals surface area contributed by atoms with Crippen molar-refractivity contribution in [3.63, 3.8) is 0 Å². The van der Waals surface area contributed by atoms with Gasteiger partial charge in [0, 0.05) is 32.6 Å². The Balaban J connectivity index is 1.69. The van der Waals surface area contributed by atoms with Crippen LogP contribution in [0, 0.1) is 0 Å². The van der Waals surface area contributed by atoms with Crippen molar-refractivity contribution in [3.8, 4) is 0 Å². The minimum Gasteiger partial charge on any atom is -0.388 e. The van der Waals surface area contributed by atoms with Gasteiger partial charge in [0.05, 0.1) is 15.8 Å². The molecule has 1 saturated heterocycles. The Labute approximate surface area is 110 Å². The highest BCUT2D eigenvalue weighted by Gasteiger charge is 2.29. The summed E-state index contributed by atoms with van der Waals surface area (Å²) in [6.45, 7) is 1.81. The molecule has 1 aliphatic heterocycles. The maximum Gasteiger partial charge on any atom is 0.183 e. The van der Waals surface area contributed by atoms with Crippen LogP contribution in [0.5, 0.6) is 0 Å². The molecule has 4 nitrogen and oxygen atoms in total. The maximum absolute atomic E-state index is 10.3. The maximum atomic E-state index is 10.3. The molecule has 0 bridgehead atoms. The molecule has 0 atom stereocenters. The first-order valence-electron chi connectivity index (χ1n) is 6.15. The molecule has 2 N–H and O–H groups in total. The van der Waals surface area contributed by atoms with E-state index in [9.17, 15) is 5.11 Å². The average Bonchev–Trinajstić information content (AvgIpc) is 2.80. The number of thiazole rings is 1. The molecule has 5 heteroatoms. The van der Waals surface area contributed by atoms with E-state index in [-0.39, 0.29) is 0 Å². The van der Waals surface area contributed by atoms with Crippen LogP contribution < -0.4 is 5.32 Å². The van der Waals surface area contributed by atoms with Gasteiger partial charge in [-0.15, -0.1) is 0 Å². The van der Waals surface area contributed by atoms with E-state index < -0.39 is 5.60 Å². The molecule has 1 aromatic carbocycles. The van der Waals surface area contributed by atoms with Crippen molar-refractivity contribution in [3.05, 3.63) is 24.3 Å². The fraction of sp³-hybridized carbons (Fsp3) is 0.462. The molecule has 0 spiro atoms. The number of hydrogen-bond donors (Lipinski definition) is 2. The zero-order valence-corrected chi connectivity index (χ0v) is 10.9. The number of aromatic nitrogens is 1. The SMILES string of the molecule is OC1(CNc2nc3ccccc3s2)CCOCC1. The summed E-state index contributed by atoms with van der Waals surface area (Å²) in [5, 5.41) is 14.5. The Kier molecular flexibility index (Phi) is 3.20. The summed E-state index contributed by atoms with van der Waals surface area (Å²) in [4.78, 5) is 4.49. The lowest BCUT2D eigenvalue weighted by Gasteiger charge is -2.31. The molecular weight excluding hydrogens is 248 g/mol. The first kappa shape index (κ1) is 11.9. The van der Waals surface area contributed by atoms with Crippen LogP contribution in [0.15, 0.2) is 24.3 Å². The van der Waals surface area contributed by atoms with Crippen molar-refractivity contribution < 1.29 is 9.84 Å². The van der Waals surface area contributed by atoms with E-state index in [0.29, 0.717) is 32.6 Å². The Morgan fingerprint density at radius 3 is 2.89 bits per heavy atom. The normalized spacial score (nSPS) is 18.9. The number of anilines is 1. The van der Waals surface area contributed by atoms with Crippen LogP contribution in [0.1, 0.15) is 12.8 Å². The lowest BCUT2D eigenvalue weighted by Crippen LogP contribution is -2.42. The first-order chi connectivity index (χ1) is 8.75. The van der Waals surface area contributed by atoms with Crippen molar-refractivity contribution >= 4 is 26.7 Å². The van der Waals surface area contributed by atoms with E-state index in [0.717, 1.165) is 10.6 Å². The van der Waals surface area contributed by atoms with Crippen LogP contribution in [0.3, 0.4) is 0 Å². The summed E-state index contributed by atoms with van der Waals surface area (Å²) in [7, 11) is 0. The molecule has 1 fully saturated rings. The van der Waals surface area contributed by atoms with Gasteiger partial charge in [-0.3, -0.25) is 0 Å². The lowest BCUT2D eigenvalue weighted by molar-refractivity contribution is -0.0543. The van der Waals surface area contributed by atoms with Gasteiger partial charge in [0.25, 0.3) is 0 Å². The van der Waals surface area contributed by atoms with Crippen molar-refractivity contribution in [2.75, 3.05) is 25.1 Å².